The molecule has 1 aliphatic heterocycles. The monoisotopic (exact) mass is 544 g/mol. The maximum atomic E-state index is 12.6. The first-order chi connectivity index (χ1) is 16.8. The number of amides is 1. The lowest BCUT2D eigenvalue weighted by Gasteiger charge is -2.34. The van der Waals surface area contributed by atoms with E-state index in [4.69, 9.17) is 0 Å². The van der Waals surface area contributed by atoms with Crippen molar-refractivity contribution in [3.05, 3.63) is 29.8 Å². The van der Waals surface area contributed by atoms with E-state index in [0.29, 0.717) is 37.1 Å². The number of rotatable bonds is 15. The molecule has 9 nitrogen and oxygen atoms in total. The standard InChI is InChI=1S/C25H44N4O5S2/c1-6-27(22(4)19-23-9-11-24(12-10-23)35(5,31)32)14-7-8-15-28-16-17-29(20-25(28)30)36(33,34)18-13-26-21(2)3/h9-12,21-22,26H,6-8,13-20H2,1-5H3. The summed E-state index contributed by atoms with van der Waals surface area (Å²) in [5.41, 5.74) is 1.10. The molecule has 1 aromatic carbocycles. The second kappa shape index (κ2) is 13.9. The molecule has 1 saturated heterocycles. The molecule has 1 atom stereocenters. The van der Waals surface area contributed by atoms with Gasteiger partial charge in [0.25, 0.3) is 0 Å². The molecule has 36 heavy (non-hydrogen) atoms. The first kappa shape index (κ1) is 30.7. The number of hydrogen-bond acceptors (Lipinski definition) is 7. The zero-order valence-corrected chi connectivity index (χ0v) is 24.1. The number of hydrogen-bond donors (Lipinski definition) is 1. The van der Waals surface area contributed by atoms with E-state index in [1.807, 2.05) is 26.0 Å². The van der Waals surface area contributed by atoms with Gasteiger partial charge < -0.3 is 15.1 Å². The van der Waals surface area contributed by atoms with E-state index in [0.717, 1.165) is 37.9 Å². The quantitative estimate of drug-likeness (QED) is 0.334. The highest BCUT2D eigenvalue weighted by Gasteiger charge is 2.31. The lowest BCUT2D eigenvalue weighted by Crippen LogP contribution is -2.53. The highest BCUT2D eigenvalue weighted by molar-refractivity contribution is 7.90. The van der Waals surface area contributed by atoms with Crippen molar-refractivity contribution < 1.29 is 21.6 Å². The Balaban J connectivity index is 1.75. The van der Waals surface area contributed by atoms with Gasteiger partial charge in [0.05, 0.1) is 17.2 Å². The maximum Gasteiger partial charge on any atom is 0.237 e. The fourth-order valence-corrected chi connectivity index (χ4v) is 6.35. The molecule has 0 radical (unpaired) electrons. The number of unbranched alkanes of at least 4 members (excludes halogenated alkanes) is 1. The van der Waals surface area contributed by atoms with Crippen LogP contribution in [0.1, 0.15) is 46.1 Å². The van der Waals surface area contributed by atoms with Gasteiger partial charge in [0.1, 0.15) is 0 Å². The number of nitrogens with zero attached hydrogens (tertiary/aromatic N) is 3. The predicted octanol–water partition coefficient (Wildman–Crippen LogP) is 1.60. The average Bonchev–Trinajstić information content (AvgIpc) is 2.79. The molecule has 1 aromatic rings. The Kier molecular flexibility index (Phi) is 11.8. The summed E-state index contributed by atoms with van der Waals surface area (Å²) < 4.78 is 49.7. The van der Waals surface area contributed by atoms with Crippen LogP contribution < -0.4 is 5.32 Å². The molecule has 11 heteroatoms. The molecule has 0 spiro atoms. The highest BCUT2D eigenvalue weighted by Crippen LogP contribution is 2.15. The predicted molar refractivity (Wildman–Crippen MR) is 144 cm³/mol. The normalized spacial score (nSPS) is 16.8. The molecule has 1 heterocycles. The van der Waals surface area contributed by atoms with E-state index in [1.165, 1.54) is 10.6 Å². The van der Waals surface area contributed by atoms with E-state index in [1.54, 1.807) is 17.0 Å². The van der Waals surface area contributed by atoms with E-state index in [-0.39, 0.29) is 24.2 Å². The van der Waals surface area contributed by atoms with Crippen molar-refractivity contribution in [2.45, 2.75) is 63.9 Å². The Morgan fingerprint density at radius 2 is 1.69 bits per heavy atom. The molecule has 0 aliphatic carbocycles. The molecule has 0 aromatic heterocycles. The summed E-state index contributed by atoms with van der Waals surface area (Å²) in [6, 6.07) is 7.62. The lowest BCUT2D eigenvalue weighted by molar-refractivity contribution is -0.134. The van der Waals surface area contributed by atoms with Crippen molar-refractivity contribution in [3.8, 4) is 0 Å². The van der Waals surface area contributed by atoms with Crippen LogP contribution in [0, 0.1) is 0 Å². The van der Waals surface area contributed by atoms with Crippen LogP contribution >= 0.6 is 0 Å². The summed E-state index contributed by atoms with van der Waals surface area (Å²) >= 11 is 0. The number of carbonyl (C=O) groups is 1. The van der Waals surface area contributed by atoms with E-state index >= 15 is 0 Å². The minimum absolute atomic E-state index is 0.00530. The summed E-state index contributed by atoms with van der Waals surface area (Å²) in [4.78, 5) is 17.1. The number of piperazine rings is 1. The molecule has 1 aliphatic rings. The average molecular weight is 545 g/mol. The van der Waals surface area contributed by atoms with Crippen LogP contribution in [0.15, 0.2) is 29.2 Å². The van der Waals surface area contributed by atoms with E-state index < -0.39 is 19.9 Å². The van der Waals surface area contributed by atoms with Crippen LogP contribution in [0.4, 0.5) is 0 Å². The molecule has 1 amide bonds. The zero-order valence-electron chi connectivity index (χ0n) is 22.4. The molecule has 1 unspecified atom stereocenters. The van der Waals surface area contributed by atoms with Gasteiger partial charge in [-0.2, -0.15) is 4.31 Å². The van der Waals surface area contributed by atoms with Crippen molar-refractivity contribution in [1.29, 1.82) is 0 Å². The molecule has 1 N–H and O–H groups in total. The summed E-state index contributed by atoms with van der Waals surface area (Å²) in [5.74, 6) is -0.120. The molecule has 0 saturated carbocycles. The number of sulfone groups is 1. The Morgan fingerprint density at radius 1 is 1.03 bits per heavy atom. The van der Waals surface area contributed by atoms with Gasteiger partial charge in [-0.1, -0.05) is 32.9 Å². The van der Waals surface area contributed by atoms with Crippen molar-refractivity contribution >= 4 is 25.8 Å². The smallest absolute Gasteiger partial charge is 0.237 e. The summed E-state index contributed by atoms with van der Waals surface area (Å²) in [6.45, 7) is 11.8. The van der Waals surface area contributed by atoms with Gasteiger partial charge in [-0.25, -0.2) is 16.8 Å². The topological polar surface area (TPSA) is 107 Å². The third kappa shape index (κ3) is 9.74. The summed E-state index contributed by atoms with van der Waals surface area (Å²) in [5, 5.41) is 3.11. The second-order valence-electron chi connectivity index (χ2n) is 9.94. The highest BCUT2D eigenvalue weighted by atomic mass is 32.2. The third-order valence-corrected chi connectivity index (χ3v) is 9.57. The summed E-state index contributed by atoms with van der Waals surface area (Å²) in [6.07, 6.45) is 3.85. The molecule has 206 valence electrons. The molecule has 1 fully saturated rings. The zero-order chi connectivity index (χ0) is 26.9. The molecule has 0 bridgehead atoms. The van der Waals surface area contributed by atoms with Crippen molar-refractivity contribution in [2.75, 3.05) is 57.8 Å². The van der Waals surface area contributed by atoms with Crippen molar-refractivity contribution in [3.63, 3.8) is 0 Å². The SMILES string of the molecule is CCN(CCCCN1CCN(S(=O)(=O)CCNC(C)C)CC1=O)C(C)Cc1ccc(S(C)(=O)=O)cc1. The minimum Gasteiger partial charge on any atom is -0.340 e. The van der Waals surface area contributed by atoms with Gasteiger partial charge >= 0.3 is 0 Å². The maximum absolute atomic E-state index is 12.6. The van der Waals surface area contributed by atoms with Gasteiger partial charge in [0, 0.05) is 44.5 Å². The Labute approximate surface area is 218 Å². The van der Waals surface area contributed by atoms with Gasteiger partial charge in [0.2, 0.25) is 15.9 Å². The Morgan fingerprint density at radius 3 is 2.25 bits per heavy atom. The van der Waals surface area contributed by atoms with Gasteiger partial charge in [-0.05, 0) is 57.0 Å². The first-order valence-electron chi connectivity index (χ1n) is 12.9. The lowest BCUT2D eigenvalue weighted by atomic mass is 10.1. The van der Waals surface area contributed by atoms with Crippen molar-refractivity contribution in [2.24, 2.45) is 0 Å². The third-order valence-electron chi connectivity index (χ3n) is 6.63. The molecule has 2 rings (SSSR count). The van der Waals surface area contributed by atoms with Crippen LogP contribution in [-0.2, 0) is 31.1 Å². The van der Waals surface area contributed by atoms with Gasteiger partial charge in [-0.3, -0.25) is 4.79 Å². The van der Waals surface area contributed by atoms with Crippen LogP contribution in [0.25, 0.3) is 0 Å². The number of likely N-dealkylation sites (N-methyl/N-ethyl adjacent to an activating group) is 1. The number of carbonyl (C=O) groups excluding carboxylic acids is 1. The van der Waals surface area contributed by atoms with Gasteiger partial charge in [0.15, 0.2) is 9.84 Å². The van der Waals surface area contributed by atoms with E-state index in [2.05, 4.69) is 24.1 Å². The van der Waals surface area contributed by atoms with Crippen LogP contribution in [-0.4, -0.2) is 107 Å². The number of sulfonamides is 1. The number of nitrogens with one attached hydrogen (secondary N) is 1. The van der Waals surface area contributed by atoms with Crippen molar-refractivity contribution in [1.82, 2.24) is 19.4 Å². The van der Waals surface area contributed by atoms with Gasteiger partial charge in [-0.15, -0.1) is 0 Å². The largest absolute Gasteiger partial charge is 0.340 e. The molecular formula is C25H44N4O5S2. The summed E-state index contributed by atoms with van der Waals surface area (Å²) in [7, 11) is -6.62. The van der Waals surface area contributed by atoms with Crippen LogP contribution in [0.5, 0.6) is 0 Å². The van der Waals surface area contributed by atoms with E-state index in [9.17, 15) is 21.6 Å². The Hall–Kier alpha value is -1.53. The molecular weight excluding hydrogens is 500 g/mol. The minimum atomic E-state index is -3.43. The first-order valence-corrected chi connectivity index (χ1v) is 16.4. The second-order valence-corrected chi connectivity index (χ2v) is 14.0. The Bertz CT molecular complexity index is 1040. The fourth-order valence-electron chi connectivity index (χ4n) is 4.42. The fraction of sp³-hybridized carbons (Fsp3) is 0.720. The number of benzene rings is 1. The van der Waals surface area contributed by atoms with Crippen LogP contribution in [0.2, 0.25) is 0 Å². The van der Waals surface area contributed by atoms with Crippen LogP contribution in [0.3, 0.4) is 0 Å².